The number of aromatic carboxylic acids is 1. The van der Waals surface area contributed by atoms with E-state index in [4.69, 9.17) is 5.11 Å². The van der Waals surface area contributed by atoms with Crippen molar-refractivity contribution in [2.75, 3.05) is 11.9 Å². The minimum Gasteiger partial charge on any atom is -0.478 e. The van der Waals surface area contributed by atoms with E-state index in [2.05, 4.69) is 26.6 Å². The van der Waals surface area contributed by atoms with Crippen LogP contribution in [-0.4, -0.2) is 23.7 Å². The van der Waals surface area contributed by atoms with Gasteiger partial charge in [-0.05, 0) is 24.6 Å². The van der Waals surface area contributed by atoms with E-state index in [1.165, 1.54) is 6.07 Å². The van der Waals surface area contributed by atoms with Gasteiger partial charge >= 0.3 is 12.0 Å². The number of halogens is 1. The fourth-order valence-corrected chi connectivity index (χ4v) is 1.57. The summed E-state index contributed by atoms with van der Waals surface area (Å²) in [6.45, 7) is 2.48. The summed E-state index contributed by atoms with van der Waals surface area (Å²) < 4.78 is 0.648. The van der Waals surface area contributed by atoms with E-state index in [-0.39, 0.29) is 11.3 Å². The standard InChI is InChI=1S/C11H13BrN2O3/c1-2-5-13-11(17)14-9-4-3-7(12)6-8(9)10(15)16/h3-4,6H,2,5H2,1H3,(H,15,16)(H2,13,14,17). The Bertz CT molecular complexity index is 435. The van der Waals surface area contributed by atoms with Gasteiger partial charge < -0.3 is 15.7 Å². The van der Waals surface area contributed by atoms with Crippen LogP contribution in [0.2, 0.25) is 0 Å². The predicted octanol–water partition coefficient (Wildman–Crippen LogP) is 2.68. The van der Waals surface area contributed by atoms with Crippen LogP contribution in [-0.2, 0) is 0 Å². The van der Waals surface area contributed by atoms with E-state index >= 15 is 0 Å². The van der Waals surface area contributed by atoms with Crippen LogP contribution in [0.1, 0.15) is 23.7 Å². The molecule has 5 nitrogen and oxygen atoms in total. The number of carboxylic acid groups (broad SMARTS) is 1. The monoisotopic (exact) mass is 300 g/mol. The Kier molecular flexibility index (Phi) is 4.96. The highest BCUT2D eigenvalue weighted by Crippen LogP contribution is 2.20. The lowest BCUT2D eigenvalue weighted by Crippen LogP contribution is -2.29. The van der Waals surface area contributed by atoms with Gasteiger partial charge in [-0.1, -0.05) is 22.9 Å². The minimum atomic E-state index is -1.09. The number of benzene rings is 1. The maximum atomic E-state index is 11.4. The van der Waals surface area contributed by atoms with Crippen LogP contribution in [0.3, 0.4) is 0 Å². The molecule has 0 atom stereocenters. The van der Waals surface area contributed by atoms with E-state index < -0.39 is 12.0 Å². The molecule has 0 heterocycles. The summed E-state index contributed by atoms with van der Waals surface area (Å²) in [6, 6.07) is 4.25. The molecule has 0 spiro atoms. The first-order valence-electron chi connectivity index (χ1n) is 5.12. The molecule has 92 valence electrons. The highest BCUT2D eigenvalue weighted by Gasteiger charge is 2.12. The van der Waals surface area contributed by atoms with Crippen molar-refractivity contribution in [1.29, 1.82) is 0 Å². The van der Waals surface area contributed by atoms with Crippen LogP contribution < -0.4 is 10.6 Å². The largest absolute Gasteiger partial charge is 0.478 e. The molecule has 0 aliphatic rings. The van der Waals surface area contributed by atoms with Crippen molar-refractivity contribution in [2.45, 2.75) is 13.3 Å². The Hall–Kier alpha value is -1.56. The van der Waals surface area contributed by atoms with Crippen LogP contribution in [0, 0.1) is 0 Å². The number of carbonyl (C=O) groups is 2. The first-order chi connectivity index (χ1) is 8.04. The van der Waals surface area contributed by atoms with Crippen molar-refractivity contribution in [3.05, 3.63) is 28.2 Å². The zero-order chi connectivity index (χ0) is 12.8. The number of amides is 2. The number of urea groups is 1. The summed E-state index contributed by atoms with van der Waals surface area (Å²) in [5.41, 5.74) is 0.320. The fourth-order valence-electron chi connectivity index (χ4n) is 1.21. The molecule has 1 rings (SSSR count). The molecule has 0 saturated heterocycles. The third kappa shape index (κ3) is 4.07. The van der Waals surface area contributed by atoms with Crippen molar-refractivity contribution in [3.8, 4) is 0 Å². The van der Waals surface area contributed by atoms with Gasteiger partial charge in [0, 0.05) is 11.0 Å². The quantitative estimate of drug-likeness (QED) is 0.800. The second kappa shape index (κ2) is 6.24. The molecule has 2 amide bonds. The number of nitrogens with one attached hydrogen (secondary N) is 2. The van der Waals surface area contributed by atoms with Gasteiger partial charge in [-0.2, -0.15) is 0 Å². The molecular formula is C11H13BrN2O3. The second-order valence-electron chi connectivity index (χ2n) is 3.38. The molecule has 0 saturated carbocycles. The number of anilines is 1. The molecule has 0 aliphatic heterocycles. The van der Waals surface area contributed by atoms with Crippen LogP contribution >= 0.6 is 15.9 Å². The van der Waals surface area contributed by atoms with Gasteiger partial charge in [-0.15, -0.1) is 0 Å². The van der Waals surface area contributed by atoms with Crippen LogP contribution in [0.15, 0.2) is 22.7 Å². The van der Waals surface area contributed by atoms with E-state index in [0.717, 1.165) is 6.42 Å². The summed E-state index contributed by atoms with van der Waals surface area (Å²) in [4.78, 5) is 22.4. The number of carbonyl (C=O) groups excluding carboxylic acids is 1. The molecule has 1 aromatic rings. The number of rotatable bonds is 4. The lowest BCUT2D eigenvalue weighted by molar-refractivity contribution is 0.0698. The van der Waals surface area contributed by atoms with E-state index in [0.29, 0.717) is 11.0 Å². The Labute approximate surface area is 107 Å². The lowest BCUT2D eigenvalue weighted by atomic mass is 10.2. The zero-order valence-corrected chi connectivity index (χ0v) is 10.9. The molecule has 3 N–H and O–H groups in total. The van der Waals surface area contributed by atoms with Gasteiger partial charge in [0.1, 0.15) is 0 Å². The highest BCUT2D eigenvalue weighted by atomic mass is 79.9. The van der Waals surface area contributed by atoms with Crippen molar-refractivity contribution in [2.24, 2.45) is 0 Å². The van der Waals surface area contributed by atoms with Gasteiger partial charge in [0.2, 0.25) is 0 Å². The first kappa shape index (κ1) is 13.5. The zero-order valence-electron chi connectivity index (χ0n) is 9.29. The van der Waals surface area contributed by atoms with E-state index in [9.17, 15) is 9.59 Å². The Balaban J connectivity index is 2.83. The van der Waals surface area contributed by atoms with Gasteiger partial charge in [-0.3, -0.25) is 0 Å². The first-order valence-corrected chi connectivity index (χ1v) is 5.91. The molecule has 0 aliphatic carbocycles. The normalized spacial score (nSPS) is 9.76. The fraction of sp³-hybridized carbons (Fsp3) is 0.273. The number of hydrogen-bond acceptors (Lipinski definition) is 2. The Morgan fingerprint density at radius 2 is 2.12 bits per heavy atom. The topological polar surface area (TPSA) is 78.4 Å². The molecule has 0 fully saturated rings. The summed E-state index contributed by atoms with van der Waals surface area (Å²) in [7, 11) is 0. The average Bonchev–Trinajstić information content (AvgIpc) is 2.28. The number of carboxylic acids is 1. The third-order valence-corrected chi connectivity index (χ3v) is 2.49. The third-order valence-electron chi connectivity index (χ3n) is 2.00. The van der Waals surface area contributed by atoms with Crippen LogP contribution in [0.5, 0.6) is 0 Å². The molecule has 0 bridgehead atoms. The lowest BCUT2D eigenvalue weighted by Gasteiger charge is -2.09. The molecule has 0 unspecified atom stereocenters. The van der Waals surface area contributed by atoms with Gasteiger partial charge in [0.05, 0.1) is 11.3 Å². The van der Waals surface area contributed by atoms with Gasteiger partial charge in [0.15, 0.2) is 0 Å². The van der Waals surface area contributed by atoms with Gasteiger partial charge in [-0.25, -0.2) is 9.59 Å². The van der Waals surface area contributed by atoms with Crippen molar-refractivity contribution >= 4 is 33.6 Å². The van der Waals surface area contributed by atoms with Crippen molar-refractivity contribution in [1.82, 2.24) is 5.32 Å². The van der Waals surface area contributed by atoms with Crippen molar-refractivity contribution in [3.63, 3.8) is 0 Å². The summed E-state index contributed by atoms with van der Waals surface area (Å²) >= 11 is 3.18. The van der Waals surface area contributed by atoms with Gasteiger partial charge in [0.25, 0.3) is 0 Å². The molecule has 17 heavy (non-hydrogen) atoms. The predicted molar refractivity (Wildman–Crippen MR) is 68.4 cm³/mol. The summed E-state index contributed by atoms with van der Waals surface area (Å²) in [6.07, 6.45) is 0.819. The second-order valence-corrected chi connectivity index (χ2v) is 4.29. The highest BCUT2D eigenvalue weighted by molar-refractivity contribution is 9.10. The van der Waals surface area contributed by atoms with Crippen LogP contribution in [0.4, 0.5) is 10.5 Å². The average molecular weight is 301 g/mol. The summed E-state index contributed by atoms with van der Waals surface area (Å²) in [5, 5.41) is 14.1. The molecule has 1 aromatic carbocycles. The SMILES string of the molecule is CCCNC(=O)Nc1ccc(Br)cc1C(=O)O. The Morgan fingerprint density at radius 3 is 2.71 bits per heavy atom. The maximum absolute atomic E-state index is 11.4. The minimum absolute atomic E-state index is 0.0472. The number of hydrogen-bond donors (Lipinski definition) is 3. The summed E-state index contributed by atoms with van der Waals surface area (Å²) in [5.74, 6) is -1.09. The smallest absolute Gasteiger partial charge is 0.337 e. The molecular weight excluding hydrogens is 288 g/mol. The maximum Gasteiger partial charge on any atom is 0.337 e. The van der Waals surface area contributed by atoms with Crippen molar-refractivity contribution < 1.29 is 14.7 Å². The molecule has 0 radical (unpaired) electrons. The van der Waals surface area contributed by atoms with E-state index in [1.807, 2.05) is 6.92 Å². The molecule has 6 heteroatoms. The Morgan fingerprint density at radius 1 is 1.41 bits per heavy atom. The molecule has 0 aromatic heterocycles. The van der Waals surface area contributed by atoms with Crippen LogP contribution in [0.25, 0.3) is 0 Å². The van der Waals surface area contributed by atoms with E-state index in [1.54, 1.807) is 12.1 Å².